The van der Waals surface area contributed by atoms with Crippen molar-refractivity contribution in [3.8, 4) is 5.75 Å². The lowest BCUT2D eigenvalue weighted by Crippen LogP contribution is -2.53. The van der Waals surface area contributed by atoms with E-state index in [0.29, 0.717) is 11.7 Å². The summed E-state index contributed by atoms with van der Waals surface area (Å²) in [4.78, 5) is 0.274. The van der Waals surface area contributed by atoms with Crippen LogP contribution in [0.1, 0.15) is 12.8 Å². The lowest BCUT2D eigenvalue weighted by atomic mass is 9.77. The second-order valence-corrected chi connectivity index (χ2v) is 6.71. The van der Waals surface area contributed by atoms with E-state index in [4.69, 9.17) is 9.47 Å². The van der Waals surface area contributed by atoms with Gasteiger partial charge in [-0.25, -0.2) is 13.1 Å². The average molecular weight is 283 g/mol. The monoisotopic (exact) mass is 283 g/mol. The second kappa shape index (κ2) is 4.77. The highest BCUT2D eigenvalue weighted by Gasteiger charge is 2.46. The van der Waals surface area contributed by atoms with Crippen molar-refractivity contribution in [2.45, 2.75) is 29.9 Å². The van der Waals surface area contributed by atoms with Gasteiger partial charge in [-0.05, 0) is 37.1 Å². The lowest BCUT2D eigenvalue weighted by Gasteiger charge is -2.39. The molecule has 5 nitrogen and oxygen atoms in total. The molecule has 0 aromatic heterocycles. The third-order valence-corrected chi connectivity index (χ3v) is 5.45. The maximum absolute atomic E-state index is 12.2. The highest BCUT2D eigenvalue weighted by atomic mass is 32.2. The predicted molar refractivity (Wildman–Crippen MR) is 69.6 cm³/mol. The number of hydrogen-bond donors (Lipinski definition) is 1. The molecular weight excluding hydrogens is 266 g/mol. The minimum absolute atomic E-state index is 0.0135. The lowest BCUT2D eigenvalue weighted by molar-refractivity contribution is 0.0143. The van der Waals surface area contributed by atoms with Crippen molar-refractivity contribution in [1.29, 1.82) is 0 Å². The summed E-state index contributed by atoms with van der Waals surface area (Å²) >= 11 is 0. The fourth-order valence-electron chi connectivity index (χ4n) is 2.76. The predicted octanol–water partition coefficient (Wildman–Crippen LogP) is 1.15. The van der Waals surface area contributed by atoms with E-state index < -0.39 is 10.0 Å². The largest absolute Gasteiger partial charge is 0.497 e. The molecule has 0 amide bonds. The Morgan fingerprint density at radius 1 is 1.32 bits per heavy atom. The SMILES string of the molecule is COc1ccc(S(=O)(=O)NC2CC3OCCC23)cc1. The minimum atomic E-state index is -3.45. The van der Waals surface area contributed by atoms with Crippen molar-refractivity contribution in [3.63, 3.8) is 0 Å². The first-order chi connectivity index (χ1) is 9.10. The van der Waals surface area contributed by atoms with Crippen molar-refractivity contribution >= 4 is 10.0 Å². The number of fused-ring (bicyclic) bond motifs is 1. The first-order valence-corrected chi connectivity index (χ1v) is 7.86. The highest BCUT2D eigenvalue weighted by molar-refractivity contribution is 7.89. The molecule has 1 aromatic rings. The van der Waals surface area contributed by atoms with Gasteiger partial charge in [-0.1, -0.05) is 0 Å². The van der Waals surface area contributed by atoms with Crippen LogP contribution in [0.5, 0.6) is 5.75 Å². The third kappa shape index (κ3) is 2.35. The molecule has 1 aliphatic carbocycles. The summed E-state index contributed by atoms with van der Waals surface area (Å²) in [6.07, 6.45) is 1.98. The first-order valence-electron chi connectivity index (χ1n) is 6.38. The molecule has 1 saturated carbocycles. The Kier molecular flexibility index (Phi) is 3.24. The summed E-state index contributed by atoms with van der Waals surface area (Å²) in [6.45, 7) is 0.746. The van der Waals surface area contributed by atoms with Gasteiger partial charge in [0.05, 0.1) is 18.1 Å². The quantitative estimate of drug-likeness (QED) is 0.900. The number of hydrogen-bond acceptors (Lipinski definition) is 4. The molecule has 3 unspecified atom stereocenters. The number of benzene rings is 1. The molecule has 2 aliphatic rings. The standard InChI is InChI=1S/C13H17NO4S/c1-17-9-2-4-10(5-3-9)19(15,16)14-12-8-13-11(12)6-7-18-13/h2-5,11-14H,6-8H2,1H3. The van der Waals surface area contributed by atoms with Crippen LogP contribution < -0.4 is 9.46 Å². The number of methoxy groups -OCH3 is 1. The normalized spacial score (nSPS) is 29.6. The summed E-state index contributed by atoms with van der Waals surface area (Å²) < 4.78 is 37.7. The number of sulfonamides is 1. The van der Waals surface area contributed by atoms with Crippen LogP contribution in [0, 0.1) is 5.92 Å². The highest BCUT2D eigenvalue weighted by Crippen LogP contribution is 2.39. The van der Waals surface area contributed by atoms with Crippen LogP contribution in [-0.2, 0) is 14.8 Å². The summed E-state index contributed by atoms with van der Waals surface area (Å²) in [5.74, 6) is 0.986. The van der Waals surface area contributed by atoms with Crippen molar-refractivity contribution in [3.05, 3.63) is 24.3 Å². The Bertz CT molecular complexity index is 555. The van der Waals surface area contributed by atoms with Crippen molar-refractivity contribution in [2.24, 2.45) is 5.92 Å². The number of nitrogens with one attached hydrogen (secondary N) is 1. The molecule has 1 aliphatic heterocycles. The van der Waals surface area contributed by atoms with E-state index >= 15 is 0 Å². The Balaban J connectivity index is 1.71. The molecule has 1 aromatic carbocycles. The van der Waals surface area contributed by atoms with Gasteiger partial charge in [-0.2, -0.15) is 0 Å². The molecule has 104 valence electrons. The van der Waals surface area contributed by atoms with Crippen LogP contribution in [0.4, 0.5) is 0 Å². The van der Waals surface area contributed by atoms with E-state index in [1.165, 1.54) is 0 Å². The summed E-state index contributed by atoms with van der Waals surface area (Å²) in [5.41, 5.74) is 0. The van der Waals surface area contributed by atoms with Gasteiger partial charge in [-0.3, -0.25) is 0 Å². The Hall–Kier alpha value is -1.11. The van der Waals surface area contributed by atoms with Crippen LogP contribution in [0.25, 0.3) is 0 Å². The van der Waals surface area contributed by atoms with Crippen LogP contribution in [-0.4, -0.2) is 34.3 Å². The maximum atomic E-state index is 12.2. The van der Waals surface area contributed by atoms with Crippen LogP contribution in [0.2, 0.25) is 0 Å². The fraction of sp³-hybridized carbons (Fsp3) is 0.538. The van der Waals surface area contributed by atoms with Crippen molar-refractivity contribution < 1.29 is 17.9 Å². The van der Waals surface area contributed by atoms with Crippen LogP contribution in [0.15, 0.2) is 29.2 Å². The van der Waals surface area contributed by atoms with Crippen LogP contribution in [0.3, 0.4) is 0 Å². The molecule has 1 heterocycles. The Morgan fingerprint density at radius 3 is 2.68 bits per heavy atom. The summed E-state index contributed by atoms with van der Waals surface area (Å²) in [6, 6.07) is 6.43. The molecule has 1 saturated heterocycles. The van der Waals surface area contributed by atoms with Crippen LogP contribution >= 0.6 is 0 Å². The summed E-state index contributed by atoms with van der Waals surface area (Å²) in [7, 11) is -1.89. The van der Waals surface area contributed by atoms with E-state index in [1.54, 1.807) is 31.4 Å². The summed E-state index contributed by atoms with van der Waals surface area (Å²) in [5, 5.41) is 0. The molecule has 0 spiro atoms. The molecule has 0 radical (unpaired) electrons. The van der Waals surface area contributed by atoms with E-state index in [-0.39, 0.29) is 17.0 Å². The van der Waals surface area contributed by atoms with Gasteiger partial charge >= 0.3 is 0 Å². The van der Waals surface area contributed by atoms with E-state index in [0.717, 1.165) is 19.4 Å². The zero-order valence-electron chi connectivity index (χ0n) is 10.7. The van der Waals surface area contributed by atoms with Gasteiger partial charge < -0.3 is 9.47 Å². The smallest absolute Gasteiger partial charge is 0.240 e. The molecule has 6 heteroatoms. The topological polar surface area (TPSA) is 64.6 Å². The molecule has 0 bridgehead atoms. The second-order valence-electron chi connectivity index (χ2n) is 5.00. The number of ether oxygens (including phenoxy) is 2. The Morgan fingerprint density at radius 2 is 2.05 bits per heavy atom. The van der Waals surface area contributed by atoms with E-state index in [1.807, 2.05) is 0 Å². The molecular formula is C13H17NO4S. The Labute approximate surface area is 113 Å². The van der Waals surface area contributed by atoms with E-state index in [9.17, 15) is 8.42 Å². The zero-order chi connectivity index (χ0) is 13.5. The molecule has 2 fully saturated rings. The molecule has 19 heavy (non-hydrogen) atoms. The average Bonchev–Trinajstić information content (AvgIpc) is 2.78. The van der Waals surface area contributed by atoms with E-state index in [2.05, 4.69) is 4.72 Å². The van der Waals surface area contributed by atoms with Gasteiger partial charge in [0.1, 0.15) is 5.75 Å². The minimum Gasteiger partial charge on any atom is -0.497 e. The molecule has 3 atom stereocenters. The van der Waals surface area contributed by atoms with Gasteiger partial charge in [0, 0.05) is 18.6 Å². The van der Waals surface area contributed by atoms with Crippen molar-refractivity contribution in [2.75, 3.05) is 13.7 Å². The zero-order valence-corrected chi connectivity index (χ0v) is 11.5. The molecule has 3 rings (SSSR count). The first kappa shape index (κ1) is 12.9. The van der Waals surface area contributed by atoms with Gasteiger partial charge in [0.2, 0.25) is 10.0 Å². The maximum Gasteiger partial charge on any atom is 0.240 e. The third-order valence-electron chi connectivity index (χ3n) is 3.94. The molecule has 1 N–H and O–H groups in total. The number of rotatable bonds is 4. The fourth-order valence-corrected chi connectivity index (χ4v) is 4.06. The van der Waals surface area contributed by atoms with Gasteiger partial charge in [-0.15, -0.1) is 0 Å². The van der Waals surface area contributed by atoms with Gasteiger partial charge in [0.15, 0.2) is 0 Å². The van der Waals surface area contributed by atoms with Crippen molar-refractivity contribution in [1.82, 2.24) is 4.72 Å². The van der Waals surface area contributed by atoms with Gasteiger partial charge in [0.25, 0.3) is 0 Å².